The summed E-state index contributed by atoms with van der Waals surface area (Å²) in [5.74, 6) is -0.110. The van der Waals surface area contributed by atoms with Crippen LogP contribution in [0.5, 0.6) is 0 Å². The molecule has 10 heteroatoms. The Labute approximate surface area is 301 Å². The summed E-state index contributed by atoms with van der Waals surface area (Å²) in [7, 11) is 0. The predicted octanol–water partition coefficient (Wildman–Crippen LogP) is 7.97. The second-order valence-electron chi connectivity index (χ2n) is 12.6. The van der Waals surface area contributed by atoms with Gasteiger partial charge in [0, 0.05) is 6.61 Å². The fraction of sp³-hybridized carbons (Fsp3) is 0.974. The number of hydrogen-bond donors (Lipinski definition) is 0. The number of ether oxygens (including phenoxy) is 9. The lowest BCUT2D eigenvalue weighted by Crippen LogP contribution is -2.20. The summed E-state index contributed by atoms with van der Waals surface area (Å²) in [6.07, 6.45) is 21.6. The average Bonchev–Trinajstić information content (AvgIpc) is 3.11. The summed E-state index contributed by atoms with van der Waals surface area (Å²) in [4.78, 5) is 12.0. The van der Waals surface area contributed by atoms with Crippen molar-refractivity contribution in [2.45, 2.75) is 130 Å². The molecule has 0 aliphatic heterocycles. The standard InChI is InChI=1S/C39H78O10/c1-4-7-9-10-11-12-13-14-15-16-17-18-19-21-41-22-23-42-24-25-43-26-27-44-28-29-45-30-31-46-32-33-47-34-35-48-36-37-49-39(40)38(6-3)20-8-5-2/h38H,4-37H2,1-3H3. The molecule has 0 aromatic rings. The van der Waals surface area contributed by atoms with E-state index in [-0.39, 0.29) is 18.5 Å². The summed E-state index contributed by atoms with van der Waals surface area (Å²) in [5.41, 5.74) is 0. The van der Waals surface area contributed by atoms with Crippen molar-refractivity contribution in [1.29, 1.82) is 0 Å². The van der Waals surface area contributed by atoms with Gasteiger partial charge in [0.2, 0.25) is 0 Å². The molecule has 0 saturated heterocycles. The number of carbonyl (C=O) groups is 1. The van der Waals surface area contributed by atoms with Crippen molar-refractivity contribution in [3.8, 4) is 0 Å². The molecule has 0 aliphatic rings. The third kappa shape index (κ3) is 39.8. The molecule has 0 bridgehead atoms. The van der Waals surface area contributed by atoms with E-state index in [0.29, 0.717) is 99.1 Å². The summed E-state index contributed by atoms with van der Waals surface area (Å²) < 4.78 is 49.5. The number of esters is 1. The molecule has 0 N–H and O–H groups in total. The van der Waals surface area contributed by atoms with Crippen LogP contribution >= 0.6 is 0 Å². The molecule has 0 amide bonds. The van der Waals surface area contributed by atoms with E-state index < -0.39 is 0 Å². The molecule has 1 atom stereocenters. The summed E-state index contributed by atoms with van der Waals surface area (Å²) in [6.45, 7) is 15.4. The third-order valence-electron chi connectivity index (χ3n) is 8.20. The molecule has 0 fully saturated rings. The van der Waals surface area contributed by atoms with Gasteiger partial charge in [-0.2, -0.15) is 0 Å². The van der Waals surface area contributed by atoms with Crippen LogP contribution < -0.4 is 0 Å². The maximum Gasteiger partial charge on any atom is 0.308 e. The van der Waals surface area contributed by atoms with E-state index in [1.54, 1.807) is 0 Å². The first kappa shape index (κ1) is 48.1. The van der Waals surface area contributed by atoms with E-state index in [9.17, 15) is 4.79 Å². The molecule has 0 rings (SSSR count). The zero-order valence-electron chi connectivity index (χ0n) is 32.2. The Bertz CT molecular complexity index is 625. The van der Waals surface area contributed by atoms with E-state index in [1.807, 2.05) is 6.92 Å². The van der Waals surface area contributed by atoms with Crippen LogP contribution in [-0.4, -0.2) is 118 Å². The lowest BCUT2D eigenvalue weighted by molar-refractivity contribution is -0.150. The van der Waals surface area contributed by atoms with E-state index in [0.717, 1.165) is 38.7 Å². The SMILES string of the molecule is CCCCCCCCCCCCCCCOCCOCCOCCOCCOCCOCCOCCOCCOC(=O)C(CC)CCCC. The number of unbranched alkanes of at least 4 members (excludes halogenated alkanes) is 13. The quantitative estimate of drug-likeness (QED) is 0.0459. The Kier molecular flexibility index (Phi) is 42.6. The van der Waals surface area contributed by atoms with Gasteiger partial charge in [0.1, 0.15) is 6.61 Å². The Morgan fingerprint density at radius 2 is 0.633 bits per heavy atom. The molecule has 0 aromatic heterocycles. The Morgan fingerprint density at radius 3 is 0.959 bits per heavy atom. The van der Waals surface area contributed by atoms with Gasteiger partial charge in [0.25, 0.3) is 0 Å². The Hall–Kier alpha value is -0.850. The zero-order valence-corrected chi connectivity index (χ0v) is 32.2. The van der Waals surface area contributed by atoms with Crippen LogP contribution in [0.25, 0.3) is 0 Å². The molecule has 10 nitrogen and oxygen atoms in total. The van der Waals surface area contributed by atoms with Gasteiger partial charge in [-0.15, -0.1) is 0 Å². The fourth-order valence-electron chi connectivity index (χ4n) is 5.12. The molecule has 294 valence electrons. The first-order chi connectivity index (χ1) is 24.3. The maximum atomic E-state index is 12.0. The lowest BCUT2D eigenvalue weighted by atomic mass is 10.00. The summed E-state index contributed by atoms with van der Waals surface area (Å²) >= 11 is 0. The van der Waals surface area contributed by atoms with Crippen molar-refractivity contribution in [3.63, 3.8) is 0 Å². The highest BCUT2D eigenvalue weighted by atomic mass is 16.6. The van der Waals surface area contributed by atoms with Crippen molar-refractivity contribution < 1.29 is 47.4 Å². The van der Waals surface area contributed by atoms with Gasteiger partial charge in [-0.05, 0) is 19.3 Å². The van der Waals surface area contributed by atoms with E-state index in [4.69, 9.17) is 42.6 Å². The van der Waals surface area contributed by atoms with Crippen LogP contribution in [0.1, 0.15) is 130 Å². The van der Waals surface area contributed by atoms with Crippen LogP contribution in [0.2, 0.25) is 0 Å². The van der Waals surface area contributed by atoms with Gasteiger partial charge < -0.3 is 42.6 Å². The van der Waals surface area contributed by atoms with E-state index in [1.165, 1.54) is 77.0 Å². The fourth-order valence-corrected chi connectivity index (χ4v) is 5.12. The minimum atomic E-state index is -0.113. The van der Waals surface area contributed by atoms with Crippen LogP contribution in [0.3, 0.4) is 0 Å². The highest BCUT2D eigenvalue weighted by Gasteiger charge is 2.16. The van der Waals surface area contributed by atoms with Gasteiger partial charge >= 0.3 is 5.97 Å². The number of rotatable bonds is 43. The van der Waals surface area contributed by atoms with Crippen molar-refractivity contribution in [2.75, 3.05) is 112 Å². The first-order valence-corrected chi connectivity index (χ1v) is 20.0. The number of carbonyl (C=O) groups excluding carboxylic acids is 1. The molecule has 0 heterocycles. The largest absolute Gasteiger partial charge is 0.463 e. The van der Waals surface area contributed by atoms with Crippen molar-refractivity contribution in [2.24, 2.45) is 5.92 Å². The molecule has 49 heavy (non-hydrogen) atoms. The van der Waals surface area contributed by atoms with Crippen LogP contribution in [0.15, 0.2) is 0 Å². The average molecular weight is 707 g/mol. The highest BCUT2D eigenvalue weighted by Crippen LogP contribution is 2.14. The number of hydrogen-bond acceptors (Lipinski definition) is 10. The Balaban J connectivity index is 3.13. The summed E-state index contributed by atoms with van der Waals surface area (Å²) in [5, 5.41) is 0. The highest BCUT2D eigenvalue weighted by molar-refractivity contribution is 5.72. The minimum Gasteiger partial charge on any atom is -0.463 e. The molecule has 0 saturated carbocycles. The lowest BCUT2D eigenvalue weighted by Gasteiger charge is -2.13. The molecule has 1 unspecified atom stereocenters. The third-order valence-corrected chi connectivity index (χ3v) is 8.20. The van der Waals surface area contributed by atoms with Gasteiger partial charge in [-0.25, -0.2) is 0 Å². The van der Waals surface area contributed by atoms with Crippen molar-refractivity contribution >= 4 is 5.97 Å². The monoisotopic (exact) mass is 707 g/mol. The van der Waals surface area contributed by atoms with Crippen molar-refractivity contribution in [1.82, 2.24) is 0 Å². The summed E-state index contributed by atoms with van der Waals surface area (Å²) in [6, 6.07) is 0. The predicted molar refractivity (Wildman–Crippen MR) is 197 cm³/mol. The van der Waals surface area contributed by atoms with Gasteiger partial charge in [0.15, 0.2) is 0 Å². The van der Waals surface area contributed by atoms with E-state index >= 15 is 0 Å². The molecule has 0 aliphatic carbocycles. The normalized spacial score (nSPS) is 12.1. The van der Waals surface area contributed by atoms with E-state index in [2.05, 4.69) is 13.8 Å². The van der Waals surface area contributed by atoms with Crippen LogP contribution in [-0.2, 0) is 47.4 Å². The molecule has 0 aromatic carbocycles. The van der Waals surface area contributed by atoms with Gasteiger partial charge in [-0.1, -0.05) is 111 Å². The van der Waals surface area contributed by atoms with Gasteiger partial charge in [-0.3, -0.25) is 4.79 Å². The Morgan fingerprint density at radius 1 is 0.347 bits per heavy atom. The second-order valence-corrected chi connectivity index (χ2v) is 12.6. The van der Waals surface area contributed by atoms with Crippen LogP contribution in [0, 0.1) is 5.92 Å². The smallest absolute Gasteiger partial charge is 0.308 e. The maximum absolute atomic E-state index is 12.0. The van der Waals surface area contributed by atoms with Gasteiger partial charge in [0.05, 0.1) is 105 Å². The first-order valence-electron chi connectivity index (χ1n) is 20.0. The molecule has 0 radical (unpaired) electrons. The minimum absolute atomic E-state index is 0.00301. The zero-order chi connectivity index (χ0) is 35.6. The molecular formula is C39H78O10. The van der Waals surface area contributed by atoms with Crippen molar-refractivity contribution in [3.05, 3.63) is 0 Å². The topological polar surface area (TPSA) is 100 Å². The molecule has 0 spiro atoms. The second kappa shape index (κ2) is 43.3. The molecular weight excluding hydrogens is 628 g/mol. The van der Waals surface area contributed by atoms with Crippen LogP contribution in [0.4, 0.5) is 0 Å².